The summed E-state index contributed by atoms with van der Waals surface area (Å²) in [6, 6.07) is 6.52. The van der Waals surface area contributed by atoms with Crippen LogP contribution in [-0.4, -0.2) is 53.5 Å². The van der Waals surface area contributed by atoms with Gasteiger partial charge in [-0.2, -0.15) is 0 Å². The van der Waals surface area contributed by atoms with Crippen LogP contribution < -0.4 is 5.73 Å². The lowest BCUT2D eigenvalue weighted by Crippen LogP contribution is -2.43. The number of nitrogens with zero attached hydrogens (tertiary/aromatic N) is 2. The van der Waals surface area contributed by atoms with E-state index in [0.29, 0.717) is 5.56 Å². The largest absolute Gasteiger partial charge is 0.368 e. The topological polar surface area (TPSA) is 66.6 Å². The van der Waals surface area contributed by atoms with Gasteiger partial charge in [-0.25, -0.2) is 4.39 Å². The number of alkyl halides is 1. The van der Waals surface area contributed by atoms with E-state index in [1.54, 1.807) is 6.07 Å². The molecule has 0 spiro atoms. The van der Waals surface area contributed by atoms with Gasteiger partial charge in [-0.1, -0.05) is 12.1 Å². The molecule has 0 saturated carbocycles. The highest BCUT2D eigenvalue weighted by molar-refractivity contribution is 5.97. The summed E-state index contributed by atoms with van der Waals surface area (Å²) in [5, 5.41) is 0. The van der Waals surface area contributed by atoms with Crippen LogP contribution in [0.1, 0.15) is 35.2 Å². The third kappa shape index (κ3) is 3.52. The number of hydrogen-bond donors (Lipinski definition) is 1. The van der Waals surface area contributed by atoms with Crippen molar-refractivity contribution in [2.24, 2.45) is 5.73 Å². The van der Waals surface area contributed by atoms with E-state index in [-0.39, 0.29) is 18.9 Å². The van der Waals surface area contributed by atoms with Crippen LogP contribution in [0.2, 0.25) is 0 Å². The Morgan fingerprint density at radius 2 is 2.00 bits per heavy atom. The fourth-order valence-electron chi connectivity index (χ4n) is 3.45. The monoisotopic (exact) mass is 319 g/mol. The number of rotatable bonds is 4. The summed E-state index contributed by atoms with van der Waals surface area (Å²) in [6.45, 7) is 2.91. The molecule has 0 unspecified atom stereocenters. The Kier molecular flexibility index (Phi) is 4.61. The van der Waals surface area contributed by atoms with Crippen molar-refractivity contribution in [1.82, 2.24) is 9.80 Å². The van der Waals surface area contributed by atoms with Crippen molar-refractivity contribution in [3.8, 4) is 0 Å². The van der Waals surface area contributed by atoms with Gasteiger partial charge >= 0.3 is 0 Å². The quantitative estimate of drug-likeness (QED) is 0.910. The summed E-state index contributed by atoms with van der Waals surface area (Å²) in [5.74, 6) is -0.969. The molecule has 0 aliphatic carbocycles. The molecule has 2 fully saturated rings. The van der Waals surface area contributed by atoms with Gasteiger partial charge < -0.3 is 10.6 Å². The molecular weight excluding hydrogens is 297 g/mol. The van der Waals surface area contributed by atoms with E-state index in [1.807, 2.05) is 18.2 Å². The second kappa shape index (κ2) is 6.66. The van der Waals surface area contributed by atoms with E-state index in [9.17, 15) is 14.0 Å². The summed E-state index contributed by atoms with van der Waals surface area (Å²) in [6.07, 6.45) is 1.23. The van der Waals surface area contributed by atoms with Crippen molar-refractivity contribution in [2.75, 3.05) is 19.6 Å². The van der Waals surface area contributed by atoms with E-state index in [0.717, 1.165) is 25.2 Å². The zero-order chi connectivity index (χ0) is 16.4. The number of amides is 2. The van der Waals surface area contributed by atoms with Gasteiger partial charge in [0.1, 0.15) is 12.2 Å². The highest BCUT2D eigenvalue weighted by Crippen LogP contribution is 2.23. The molecule has 2 amide bonds. The predicted octanol–water partition coefficient (Wildman–Crippen LogP) is 1.32. The summed E-state index contributed by atoms with van der Waals surface area (Å²) >= 11 is 0. The van der Waals surface area contributed by atoms with Gasteiger partial charge in [-0.3, -0.25) is 14.5 Å². The van der Waals surface area contributed by atoms with Crippen LogP contribution in [0, 0.1) is 0 Å². The highest BCUT2D eigenvalue weighted by atomic mass is 19.1. The van der Waals surface area contributed by atoms with Crippen molar-refractivity contribution in [3.05, 3.63) is 35.4 Å². The van der Waals surface area contributed by atoms with Crippen molar-refractivity contribution >= 4 is 11.8 Å². The fourth-order valence-corrected chi connectivity index (χ4v) is 3.45. The van der Waals surface area contributed by atoms with Crippen LogP contribution in [0.5, 0.6) is 0 Å². The molecule has 5 nitrogen and oxygen atoms in total. The Morgan fingerprint density at radius 3 is 2.70 bits per heavy atom. The lowest BCUT2D eigenvalue weighted by atomic mass is 10.1. The number of primary amides is 1. The minimum Gasteiger partial charge on any atom is -0.368 e. The van der Waals surface area contributed by atoms with Gasteiger partial charge in [0.2, 0.25) is 5.91 Å². The maximum Gasteiger partial charge on any atom is 0.254 e. The molecule has 2 aliphatic rings. The van der Waals surface area contributed by atoms with Crippen LogP contribution >= 0.6 is 0 Å². The molecule has 0 bridgehead atoms. The van der Waals surface area contributed by atoms with Gasteiger partial charge in [0.15, 0.2) is 0 Å². The lowest BCUT2D eigenvalue weighted by molar-refractivity contribution is -0.121. The van der Waals surface area contributed by atoms with Crippen LogP contribution in [-0.2, 0) is 11.3 Å². The van der Waals surface area contributed by atoms with Crippen molar-refractivity contribution in [1.29, 1.82) is 0 Å². The Balaban J connectivity index is 1.75. The van der Waals surface area contributed by atoms with Gasteiger partial charge in [-0.05, 0) is 43.6 Å². The Morgan fingerprint density at radius 1 is 1.26 bits per heavy atom. The molecule has 0 radical (unpaired) electrons. The number of halogens is 1. The number of nitrogens with two attached hydrogens (primary N) is 1. The number of benzene rings is 1. The molecule has 2 heterocycles. The molecule has 2 atom stereocenters. The Hall–Kier alpha value is -1.95. The number of carbonyl (C=O) groups excluding carboxylic acids is 2. The van der Waals surface area contributed by atoms with E-state index < -0.39 is 18.1 Å². The molecule has 124 valence electrons. The van der Waals surface area contributed by atoms with E-state index in [1.165, 1.54) is 17.7 Å². The summed E-state index contributed by atoms with van der Waals surface area (Å²) < 4.78 is 13.6. The average molecular weight is 319 g/mol. The zero-order valence-electron chi connectivity index (χ0n) is 13.1. The van der Waals surface area contributed by atoms with Gasteiger partial charge in [0.05, 0.1) is 6.54 Å². The molecule has 0 aromatic heterocycles. The molecule has 1 aromatic carbocycles. The first-order valence-corrected chi connectivity index (χ1v) is 8.10. The number of carbonyl (C=O) groups is 2. The second-order valence-electron chi connectivity index (χ2n) is 6.39. The van der Waals surface area contributed by atoms with E-state index >= 15 is 0 Å². The van der Waals surface area contributed by atoms with Crippen molar-refractivity contribution < 1.29 is 14.0 Å². The molecule has 2 saturated heterocycles. The number of hydrogen-bond acceptors (Lipinski definition) is 3. The van der Waals surface area contributed by atoms with Crippen LogP contribution in [0.25, 0.3) is 0 Å². The molecule has 2 aliphatic heterocycles. The minimum atomic E-state index is -1.19. The first-order chi connectivity index (χ1) is 11.0. The maximum atomic E-state index is 13.6. The minimum absolute atomic E-state index is 0.00541. The molecule has 2 N–H and O–H groups in total. The Labute approximate surface area is 135 Å². The van der Waals surface area contributed by atoms with Crippen LogP contribution in [0.15, 0.2) is 24.3 Å². The van der Waals surface area contributed by atoms with E-state index in [2.05, 4.69) is 4.90 Å². The molecule has 6 heteroatoms. The SMILES string of the molecule is NC(=O)[C@@H]1C[C@@H](F)CN1C(=O)c1cccc(CN2CCCC2)c1. The van der Waals surface area contributed by atoms with Gasteiger partial charge in [-0.15, -0.1) is 0 Å². The molecule has 23 heavy (non-hydrogen) atoms. The third-order valence-electron chi connectivity index (χ3n) is 4.62. The summed E-state index contributed by atoms with van der Waals surface area (Å²) in [4.78, 5) is 27.7. The van der Waals surface area contributed by atoms with Crippen molar-refractivity contribution in [3.63, 3.8) is 0 Å². The normalized spacial score (nSPS) is 25.0. The third-order valence-corrected chi connectivity index (χ3v) is 4.62. The van der Waals surface area contributed by atoms with Gasteiger partial charge in [0.25, 0.3) is 5.91 Å². The smallest absolute Gasteiger partial charge is 0.254 e. The summed E-state index contributed by atoms with van der Waals surface area (Å²) in [7, 11) is 0. The molecule has 3 rings (SSSR count). The second-order valence-corrected chi connectivity index (χ2v) is 6.39. The summed E-state index contributed by atoms with van der Waals surface area (Å²) in [5.41, 5.74) is 6.85. The highest BCUT2D eigenvalue weighted by Gasteiger charge is 2.39. The average Bonchev–Trinajstić information content (AvgIpc) is 3.16. The zero-order valence-corrected chi connectivity index (χ0v) is 13.1. The molecular formula is C17H22FN3O2. The first kappa shape index (κ1) is 15.9. The van der Waals surface area contributed by atoms with Crippen molar-refractivity contribution in [2.45, 2.75) is 38.0 Å². The Bertz CT molecular complexity index is 601. The number of likely N-dealkylation sites (tertiary alicyclic amines) is 2. The van der Waals surface area contributed by atoms with Crippen LogP contribution in [0.4, 0.5) is 4.39 Å². The van der Waals surface area contributed by atoms with Gasteiger partial charge in [0, 0.05) is 18.5 Å². The fraction of sp³-hybridized carbons (Fsp3) is 0.529. The maximum absolute atomic E-state index is 13.6. The first-order valence-electron chi connectivity index (χ1n) is 8.10. The van der Waals surface area contributed by atoms with Crippen LogP contribution in [0.3, 0.4) is 0 Å². The predicted molar refractivity (Wildman–Crippen MR) is 84.5 cm³/mol. The standard InChI is InChI=1S/C17H22FN3O2/c18-14-9-15(16(19)22)21(11-14)17(23)13-5-3-4-12(8-13)10-20-6-1-2-7-20/h3-5,8,14-15H,1-2,6-7,9-11H2,(H2,19,22)/t14-,15+/m1/s1. The lowest BCUT2D eigenvalue weighted by Gasteiger charge is -2.22. The molecule has 1 aromatic rings. The van der Waals surface area contributed by atoms with E-state index in [4.69, 9.17) is 5.73 Å².